The summed E-state index contributed by atoms with van der Waals surface area (Å²) in [4.78, 5) is 12.6. The third-order valence-corrected chi connectivity index (χ3v) is 6.51. The Hall–Kier alpha value is -1.06. The third kappa shape index (κ3) is 2.66. The van der Waals surface area contributed by atoms with Gasteiger partial charge in [0.15, 0.2) is 0 Å². The summed E-state index contributed by atoms with van der Waals surface area (Å²) in [6, 6.07) is 11.3. The van der Waals surface area contributed by atoms with Crippen LogP contribution in [0.1, 0.15) is 45.1 Å². The molecule has 1 amide bonds. The van der Waals surface area contributed by atoms with Crippen LogP contribution in [-0.4, -0.2) is 25.0 Å². The molecule has 0 aromatic heterocycles. The van der Waals surface area contributed by atoms with Crippen LogP contribution in [0, 0.1) is 17.3 Å². The zero-order valence-corrected chi connectivity index (χ0v) is 15.5. The fourth-order valence-electron chi connectivity index (χ4n) is 5.47. The second-order valence-electron chi connectivity index (χ2n) is 8.46. The standard InChI is InChI=1S/C20H28N2O.ClH/c1-14(2)17(22-18(23)15-8-9-21-10-15)20-11-19(12-20,13-20)16-6-4-3-5-7-16;/h3-7,14-15,17,21H,8-13H2,1-2H3,(H,22,23);1H. The van der Waals surface area contributed by atoms with E-state index in [0.29, 0.717) is 22.8 Å². The van der Waals surface area contributed by atoms with Crippen molar-refractivity contribution in [1.29, 1.82) is 0 Å². The van der Waals surface area contributed by atoms with Gasteiger partial charge in [0.2, 0.25) is 5.91 Å². The molecule has 3 saturated carbocycles. The second kappa shape index (κ2) is 6.34. The monoisotopic (exact) mass is 348 g/mol. The van der Waals surface area contributed by atoms with Crippen molar-refractivity contribution in [1.82, 2.24) is 10.6 Å². The van der Waals surface area contributed by atoms with Crippen molar-refractivity contribution in [3.63, 3.8) is 0 Å². The molecule has 1 heterocycles. The van der Waals surface area contributed by atoms with Gasteiger partial charge in [0, 0.05) is 12.6 Å². The molecule has 3 aliphatic carbocycles. The van der Waals surface area contributed by atoms with Gasteiger partial charge in [0.05, 0.1) is 5.92 Å². The summed E-state index contributed by atoms with van der Waals surface area (Å²) in [6.07, 6.45) is 4.72. The van der Waals surface area contributed by atoms with Crippen LogP contribution in [-0.2, 0) is 10.2 Å². The van der Waals surface area contributed by atoms with Crippen LogP contribution in [0.3, 0.4) is 0 Å². The van der Waals surface area contributed by atoms with E-state index < -0.39 is 0 Å². The minimum absolute atomic E-state index is 0. The molecule has 0 radical (unpaired) electrons. The van der Waals surface area contributed by atoms with Crippen molar-refractivity contribution in [2.24, 2.45) is 17.3 Å². The number of hydrogen-bond donors (Lipinski definition) is 2. The van der Waals surface area contributed by atoms with Crippen molar-refractivity contribution in [3.05, 3.63) is 35.9 Å². The molecule has 2 N–H and O–H groups in total. The van der Waals surface area contributed by atoms with Gasteiger partial charge in [-0.05, 0) is 54.5 Å². The summed E-state index contributed by atoms with van der Waals surface area (Å²) >= 11 is 0. The second-order valence-corrected chi connectivity index (χ2v) is 8.46. The predicted molar refractivity (Wildman–Crippen MR) is 99.4 cm³/mol. The Morgan fingerprint density at radius 3 is 2.42 bits per heavy atom. The largest absolute Gasteiger partial charge is 0.352 e. The molecule has 4 aliphatic rings. The number of carbonyl (C=O) groups is 1. The van der Waals surface area contributed by atoms with Crippen LogP contribution in [0.25, 0.3) is 0 Å². The van der Waals surface area contributed by atoms with Crippen LogP contribution in [0.15, 0.2) is 30.3 Å². The highest BCUT2D eigenvalue weighted by atomic mass is 35.5. The van der Waals surface area contributed by atoms with Crippen LogP contribution < -0.4 is 10.6 Å². The average Bonchev–Trinajstić information content (AvgIpc) is 2.98. The molecule has 0 spiro atoms. The van der Waals surface area contributed by atoms with Gasteiger partial charge in [-0.1, -0.05) is 44.2 Å². The number of benzene rings is 1. The van der Waals surface area contributed by atoms with Crippen molar-refractivity contribution < 1.29 is 4.79 Å². The normalized spacial score (nSPS) is 34.7. The lowest BCUT2D eigenvalue weighted by Crippen LogP contribution is -2.73. The van der Waals surface area contributed by atoms with Gasteiger partial charge >= 0.3 is 0 Å². The van der Waals surface area contributed by atoms with Crippen molar-refractivity contribution >= 4 is 18.3 Å². The first-order chi connectivity index (χ1) is 11.0. The molecular weight excluding hydrogens is 320 g/mol. The van der Waals surface area contributed by atoms with Gasteiger partial charge in [-0.3, -0.25) is 4.79 Å². The Bertz CT molecular complexity index is 575. The zero-order valence-electron chi connectivity index (χ0n) is 14.7. The van der Waals surface area contributed by atoms with Crippen LogP contribution in [0.5, 0.6) is 0 Å². The predicted octanol–water partition coefficient (Wildman–Crippen LogP) is 3.28. The summed E-state index contributed by atoms with van der Waals surface area (Å²) in [6.45, 7) is 6.34. The molecule has 4 fully saturated rings. The van der Waals surface area contributed by atoms with Gasteiger partial charge in [-0.25, -0.2) is 0 Å². The first-order valence-electron chi connectivity index (χ1n) is 9.11. The van der Waals surface area contributed by atoms with Gasteiger partial charge in [-0.2, -0.15) is 0 Å². The summed E-state index contributed by atoms with van der Waals surface area (Å²) in [5.41, 5.74) is 2.26. The lowest BCUT2D eigenvalue weighted by molar-refractivity contribution is -0.176. The SMILES string of the molecule is CC(C)C(NC(=O)C1CCNC1)C12CC(c3ccccc3)(C1)C2.Cl. The van der Waals surface area contributed by atoms with Gasteiger partial charge in [0.25, 0.3) is 0 Å². The van der Waals surface area contributed by atoms with Crippen molar-refractivity contribution in [2.45, 2.75) is 51.0 Å². The highest BCUT2D eigenvalue weighted by Gasteiger charge is 2.71. The summed E-state index contributed by atoms with van der Waals surface area (Å²) in [5.74, 6) is 0.946. The molecule has 5 rings (SSSR count). The highest BCUT2D eigenvalue weighted by molar-refractivity contribution is 5.85. The highest BCUT2D eigenvalue weighted by Crippen LogP contribution is 2.75. The quantitative estimate of drug-likeness (QED) is 0.857. The fraction of sp³-hybridized carbons (Fsp3) is 0.650. The third-order valence-electron chi connectivity index (χ3n) is 6.51. The molecule has 1 aromatic rings. The maximum atomic E-state index is 12.6. The molecule has 1 aromatic carbocycles. The maximum absolute atomic E-state index is 12.6. The fourth-order valence-corrected chi connectivity index (χ4v) is 5.47. The molecule has 2 bridgehead atoms. The number of amides is 1. The maximum Gasteiger partial charge on any atom is 0.224 e. The number of rotatable bonds is 5. The number of halogens is 1. The zero-order chi connectivity index (χ0) is 16.1. The molecule has 1 aliphatic heterocycles. The Kier molecular flexibility index (Phi) is 4.69. The topological polar surface area (TPSA) is 41.1 Å². The van der Waals surface area contributed by atoms with Gasteiger partial charge < -0.3 is 10.6 Å². The van der Waals surface area contributed by atoms with E-state index in [1.807, 2.05) is 0 Å². The van der Waals surface area contributed by atoms with Crippen LogP contribution in [0.2, 0.25) is 0 Å². The molecule has 132 valence electrons. The average molecular weight is 349 g/mol. The lowest BCUT2D eigenvalue weighted by Gasteiger charge is -2.74. The van der Waals surface area contributed by atoms with E-state index in [1.54, 1.807) is 0 Å². The smallest absolute Gasteiger partial charge is 0.224 e. The Labute approximate surface area is 151 Å². The van der Waals surface area contributed by atoms with Crippen LogP contribution in [0.4, 0.5) is 0 Å². The molecule has 2 unspecified atom stereocenters. The minimum Gasteiger partial charge on any atom is -0.352 e. The first-order valence-corrected chi connectivity index (χ1v) is 9.11. The first kappa shape index (κ1) is 17.8. The molecule has 3 nitrogen and oxygen atoms in total. The van der Waals surface area contributed by atoms with E-state index in [4.69, 9.17) is 0 Å². The van der Waals surface area contributed by atoms with E-state index in [1.165, 1.54) is 24.8 Å². The van der Waals surface area contributed by atoms with E-state index in [2.05, 4.69) is 54.8 Å². The molecule has 1 saturated heterocycles. The number of nitrogens with one attached hydrogen (secondary N) is 2. The molecule has 4 heteroatoms. The number of carbonyl (C=O) groups excluding carboxylic acids is 1. The van der Waals surface area contributed by atoms with Crippen molar-refractivity contribution in [2.75, 3.05) is 13.1 Å². The van der Waals surface area contributed by atoms with Crippen LogP contribution >= 0.6 is 12.4 Å². The Morgan fingerprint density at radius 1 is 1.21 bits per heavy atom. The van der Waals surface area contributed by atoms with Gasteiger partial charge in [0.1, 0.15) is 0 Å². The molecule has 24 heavy (non-hydrogen) atoms. The van der Waals surface area contributed by atoms with E-state index in [-0.39, 0.29) is 24.2 Å². The van der Waals surface area contributed by atoms with E-state index in [0.717, 1.165) is 19.5 Å². The van der Waals surface area contributed by atoms with E-state index in [9.17, 15) is 4.79 Å². The van der Waals surface area contributed by atoms with Gasteiger partial charge in [-0.15, -0.1) is 12.4 Å². The number of hydrogen-bond acceptors (Lipinski definition) is 2. The molecular formula is C20H29ClN2O. The summed E-state index contributed by atoms with van der Waals surface area (Å²) in [5, 5.41) is 6.73. The molecule has 2 atom stereocenters. The Morgan fingerprint density at radius 2 is 1.88 bits per heavy atom. The lowest BCUT2D eigenvalue weighted by atomic mass is 9.31. The Balaban J connectivity index is 0.00000169. The van der Waals surface area contributed by atoms with E-state index >= 15 is 0 Å². The summed E-state index contributed by atoms with van der Waals surface area (Å²) in [7, 11) is 0. The minimum atomic E-state index is 0. The van der Waals surface area contributed by atoms with Crippen molar-refractivity contribution in [3.8, 4) is 0 Å². The summed E-state index contributed by atoms with van der Waals surface area (Å²) < 4.78 is 0.